The molecular formula is C17H14N6OS. The number of nitriles is 1. The molecule has 124 valence electrons. The molecule has 8 heteroatoms. The van der Waals surface area contributed by atoms with E-state index in [1.165, 1.54) is 11.8 Å². The van der Waals surface area contributed by atoms with Gasteiger partial charge in [0.15, 0.2) is 0 Å². The Hall–Kier alpha value is -3.31. The number of hydrogen-bond donors (Lipinski definition) is 3. The lowest BCUT2D eigenvalue weighted by atomic mass is 10.1. The van der Waals surface area contributed by atoms with Crippen LogP contribution in [0.4, 0.5) is 11.6 Å². The van der Waals surface area contributed by atoms with Crippen LogP contribution in [-0.4, -0.2) is 21.1 Å². The zero-order valence-corrected chi connectivity index (χ0v) is 13.9. The Balaban J connectivity index is 1.59. The van der Waals surface area contributed by atoms with Crippen LogP contribution in [0.2, 0.25) is 0 Å². The molecule has 7 nitrogen and oxygen atoms in total. The Morgan fingerprint density at radius 3 is 2.52 bits per heavy atom. The number of carbonyl (C=O) groups is 1. The summed E-state index contributed by atoms with van der Waals surface area (Å²) in [4.78, 5) is 16.3. The summed E-state index contributed by atoms with van der Waals surface area (Å²) in [7, 11) is 0. The van der Waals surface area contributed by atoms with Gasteiger partial charge in [-0.1, -0.05) is 23.9 Å². The fraction of sp³-hybridized carbons (Fsp3) is 0.0588. The molecule has 3 rings (SSSR count). The van der Waals surface area contributed by atoms with E-state index >= 15 is 0 Å². The SMILES string of the molecule is N#Cc1ccc(NC(=O)c2ccc(CSc3n[nH]c(N)n3)cc2)cc1. The molecule has 2 aromatic carbocycles. The van der Waals surface area contributed by atoms with Crippen LogP contribution < -0.4 is 11.1 Å². The van der Waals surface area contributed by atoms with Crippen LogP contribution in [0.15, 0.2) is 53.7 Å². The zero-order chi connectivity index (χ0) is 17.6. The second kappa shape index (κ2) is 7.51. The molecule has 0 aliphatic rings. The third-order valence-corrected chi connectivity index (χ3v) is 4.26. The van der Waals surface area contributed by atoms with Crippen LogP contribution >= 0.6 is 11.8 Å². The first kappa shape index (κ1) is 16.5. The van der Waals surface area contributed by atoms with Crippen LogP contribution in [0.5, 0.6) is 0 Å². The number of H-pyrrole nitrogens is 1. The van der Waals surface area contributed by atoms with Gasteiger partial charge in [0.1, 0.15) is 0 Å². The highest BCUT2D eigenvalue weighted by molar-refractivity contribution is 7.98. The number of nitrogens with one attached hydrogen (secondary N) is 2. The second-order valence-corrected chi connectivity index (χ2v) is 6.07. The minimum absolute atomic E-state index is 0.203. The maximum Gasteiger partial charge on any atom is 0.255 e. The lowest BCUT2D eigenvalue weighted by Crippen LogP contribution is -2.11. The Bertz CT molecular complexity index is 912. The Labute approximate surface area is 148 Å². The summed E-state index contributed by atoms with van der Waals surface area (Å²) in [5.74, 6) is 0.761. The summed E-state index contributed by atoms with van der Waals surface area (Å²) in [5.41, 5.74) is 8.27. The molecule has 0 aliphatic carbocycles. The Morgan fingerprint density at radius 1 is 1.20 bits per heavy atom. The average molecular weight is 350 g/mol. The number of amides is 1. The number of carbonyl (C=O) groups excluding carboxylic acids is 1. The number of aromatic amines is 1. The van der Waals surface area contributed by atoms with E-state index in [2.05, 4.69) is 20.5 Å². The molecule has 0 spiro atoms. The van der Waals surface area contributed by atoms with Gasteiger partial charge in [0.05, 0.1) is 11.6 Å². The number of rotatable bonds is 5. The predicted octanol–water partition coefficient (Wildman–Crippen LogP) is 2.80. The van der Waals surface area contributed by atoms with Crippen LogP contribution in [0.1, 0.15) is 21.5 Å². The maximum absolute atomic E-state index is 12.2. The van der Waals surface area contributed by atoms with Crippen LogP contribution in [0.3, 0.4) is 0 Å². The summed E-state index contributed by atoms with van der Waals surface area (Å²) < 4.78 is 0. The largest absolute Gasteiger partial charge is 0.368 e. The van der Waals surface area contributed by atoms with Gasteiger partial charge in [0.2, 0.25) is 11.1 Å². The molecule has 0 atom stereocenters. The average Bonchev–Trinajstić information content (AvgIpc) is 3.06. The molecule has 0 fully saturated rings. The Morgan fingerprint density at radius 2 is 1.92 bits per heavy atom. The molecule has 0 bridgehead atoms. The molecule has 0 saturated carbocycles. The van der Waals surface area contributed by atoms with Crippen molar-refractivity contribution in [1.29, 1.82) is 5.26 Å². The maximum atomic E-state index is 12.2. The van der Waals surface area contributed by atoms with Crippen molar-refractivity contribution in [2.24, 2.45) is 0 Å². The van der Waals surface area contributed by atoms with Crippen molar-refractivity contribution in [3.8, 4) is 6.07 Å². The molecule has 1 aromatic heterocycles. The molecule has 1 heterocycles. The first-order chi connectivity index (χ1) is 12.1. The fourth-order valence-electron chi connectivity index (χ4n) is 2.05. The van der Waals surface area contributed by atoms with Gasteiger partial charge >= 0.3 is 0 Å². The summed E-state index contributed by atoms with van der Waals surface area (Å²) >= 11 is 1.45. The normalized spacial score (nSPS) is 10.2. The number of aromatic nitrogens is 3. The van der Waals surface area contributed by atoms with Gasteiger partial charge in [0, 0.05) is 17.0 Å². The van der Waals surface area contributed by atoms with E-state index in [9.17, 15) is 4.79 Å². The van der Waals surface area contributed by atoms with E-state index in [-0.39, 0.29) is 11.9 Å². The van der Waals surface area contributed by atoms with Gasteiger partial charge in [-0.2, -0.15) is 10.2 Å². The molecule has 0 radical (unpaired) electrons. The summed E-state index contributed by atoms with van der Waals surface area (Å²) in [6.07, 6.45) is 0. The number of nitrogens with two attached hydrogens (primary N) is 1. The van der Waals surface area contributed by atoms with E-state index in [4.69, 9.17) is 11.0 Å². The number of hydrogen-bond acceptors (Lipinski definition) is 6. The second-order valence-electron chi connectivity index (χ2n) is 5.13. The third-order valence-electron chi connectivity index (χ3n) is 3.34. The third kappa shape index (κ3) is 4.37. The van der Waals surface area contributed by atoms with Crippen molar-refractivity contribution in [1.82, 2.24) is 15.2 Å². The van der Waals surface area contributed by atoms with E-state index < -0.39 is 0 Å². The van der Waals surface area contributed by atoms with Gasteiger partial charge < -0.3 is 11.1 Å². The van der Waals surface area contributed by atoms with Gasteiger partial charge in [-0.3, -0.25) is 4.79 Å². The number of nitrogens with zero attached hydrogens (tertiary/aromatic N) is 3. The number of benzene rings is 2. The first-order valence-corrected chi connectivity index (χ1v) is 8.34. The lowest BCUT2D eigenvalue weighted by molar-refractivity contribution is 0.102. The topological polar surface area (TPSA) is 120 Å². The molecule has 25 heavy (non-hydrogen) atoms. The van der Waals surface area contributed by atoms with E-state index in [0.29, 0.717) is 27.7 Å². The van der Waals surface area contributed by atoms with Gasteiger partial charge in [-0.05, 0) is 42.0 Å². The van der Waals surface area contributed by atoms with Crippen molar-refractivity contribution in [2.45, 2.75) is 10.9 Å². The summed E-state index contributed by atoms with van der Waals surface area (Å²) in [5, 5.41) is 18.7. The van der Waals surface area contributed by atoms with Crippen LogP contribution in [0.25, 0.3) is 0 Å². The molecule has 0 saturated heterocycles. The van der Waals surface area contributed by atoms with Crippen molar-refractivity contribution >= 4 is 29.3 Å². The minimum atomic E-state index is -0.203. The predicted molar refractivity (Wildman–Crippen MR) is 95.9 cm³/mol. The number of nitrogen functional groups attached to an aromatic ring is 1. The van der Waals surface area contributed by atoms with Crippen molar-refractivity contribution in [3.63, 3.8) is 0 Å². The highest BCUT2D eigenvalue weighted by atomic mass is 32.2. The number of thioether (sulfide) groups is 1. The van der Waals surface area contributed by atoms with Crippen molar-refractivity contribution in [2.75, 3.05) is 11.1 Å². The molecule has 3 aromatic rings. The number of anilines is 2. The van der Waals surface area contributed by atoms with E-state index in [1.54, 1.807) is 36.4 Å². The molecule has 1 amide bonds. The van der Waals surface area contributed by atoms with Crippen LogP contribution in [-0.2, 0) is 5.75 Å². The zero-order valence-electron chi connectivity index (χ0n) is 13.1. The Kier molecular flexibility index (Phi) is 4.97. The minimum Gasteiger partial charge on any atom is -0.368 e. The van der Waals surface area contributed by atoms with Gasteiger partial charge in [0.25, 0.3) is 5.91 Å². The smallest absolute Gasteiger partial charge is 0.255 e. The summed E-state index contributed by atoms with van der Waals surface area (Å²) in [6, 6.07) is 16.1. The highest BCUT2D eigenvalue weighted by Gasteiger charge is 2.07. The molecule has 4 N–H and O–H groups in total. The highest BCUT2D eigenvalue weighted by Crippen LogP contribution is 2.20. The fourth-order valence-corrected chi connectivity index (χ4v) is 2.82. The van der Waals surface area contributed by atoms with Crippen molar-refractivity contribution < 1.29 is 4.79 Å². The van der Waals surface area contributed by atoms with E-state index in [0.717, 1.165) is 5.56 Å². The first-order valence-electron chi connectivity index (χ1n) is 7.35. The molecule has 0 unspecified atom stereocenters. The molecular weight excluding hydrogens is 336 g/mol. The lowest BCUT2D eigenvalue weighted by Gasteiger charge is -2.06. The standard InChI is InChI=1S/C17H14N6OS/c18-9-11-3-7-14(8-4-11)20-15(24)13-5-1-12(2-6-13)10-25-17-21-16(19)22-23-17/h1-8H,10H2,(H,20,24)(H3,19,21,22,23). The quantitative estimate of drug-likeness (QED) is 0.609. The summed E-state index contributed by atoms with van der Waals surface area (Å²) in [6.45, 7) is 0. The van der Waals surface area contributed by atoms with Crippen molar-refractivity contribution in [3.05, 3.63) is 65.2 Å². The van der Waals surface area contributed by atoms with E-state index in [1.807, 2.05) is 18.2 Å². The monoisotopic (exact) mass is 350 g/mol. The molecule has 0 aliphatic heterocycles. The van der Waals surface area contributed by atoms with Crippen LogP contribution in [0, 0.1) is 11.3 Å². The van der Waals surface area contributed by atoms with Gasteiger partial charge in [-0.25, -0.2) is 5.10 Å². The van der Waals surface area contributed by atoms with Gasteiger partial charge in [-0.15, -0.1) is 5.10 Å².